The first-order chi connectivity index (χ1) is 7.27. The maximum absolute atomic E-state index is 9.31. The lowest BCUT2D eigenvalue weighted by Gasteiger charge is -2.30. The number of rotatable bonds is 3. The Morgan fingerprint density at radius 1 is 1.25 bits per heavy atom. The van der Waals surface area contributed by atoms with Crippen LogP contribution in [0.1, 0.15) is 12.5 Å². The minimum atomic E-state index is -1.74. The van der Waals surface area contributed by atoms with Gasteiger partial charge in [-0.3, -0.25) is 0 Å². The van der Waals surface area contributed by atoms with Crippen molar-refractivity contribution in [3.63, 3.8) is 0 Å². The van der Waals surface area contributed by atoms with E-state index in [-0.39, 0.29) is 0 Å². The second-order valence-electron chi connectivity index (χ2n) is 4.87. The van der Waals surface area contributed by atoms with E-state index in [0.29, 0.717) is 0 Å². The number of hydrogen-bond donors (Lipinski definition) is 0. The summed E-state index contributed by atoms with van der Waals surface area (Å²) in [6.45, 7) is 8.08. The van der Waals surface area contributed by atoms with E-state index < -0.39 is 13.9 Å². The number of halogens is 1. The third kappa shape index (κ3) is 3.44. The van der Waals surface area contributed by atoms with Crippen LogP contribution in [0, 0.1) is 11.3 Å². The van der Waals surface area contributed by atoms with E-state index >= 15 is 0 Å². The van der Waals surface area contributed by atoms with Gasteiger partial charge in [-0.2, -0.15) is 5.26 Å². The monoisotopic (exact) mass is 297 g/mol. The molecule has 1 rings (SSSR count). The highest BCUT2D eigenvalue weighted by molar-refractivity contribution is 9.10. The molecule has 4 heteroatoms. The molecule has 2 nitrogen and oxygen atoms in total. The average Bonchev–Trinajstić information content (AvgIpc) is 2.16. The topological polar surface area (TPSA) is 33.0 Å². The van der Waals surface area contributed by atoms with Crippen molar-refractivity contribution in [1.29, 1.82) is 5.26 Å². The number of hydrogen-bond acceptors (Lipinski definition) is 2. The van der Waals surface area contributed by atoms with Crippen LogP contribution in [0.25, 0.3) is 0 Å². The molecule has 0 radical (unpaired) electrons. The number of nitriles is 1. The first kappa shape index (κ1) is 13.4. The molecule has 0 aliphatic heterocycles. The van der Waals surface area contributed by atoms with Crippen molar-refractivity contribution in [2.24, 2.45) is 0 Å². The van der Waals surface area contributed by atoms with Crippen molar-refractivity contribution in [3.05, 3.63) is 34.3 Å². The van der Waals surface area contributed by atoms with Crippen molar-refractivity contribution < 1.29 is 4.43 Å². The molecule has 1 aromatic rings. The van der Waals surface area contributed by atoms with E-state index in [1.165, 1.54) is 0 Å². The minimum absolute atomic E-state index is 0.842. The van der Waals surface area contributed by atoms with E-state index in [4.69, 9.17) is 4.43 Å². The van der Waals surface area contributed by atoms with E-state index in [0.717, 1.165) is 10.0 Å². The van der Waals surface area contributed by atoms with Crippen LogP contribution >= 0.6 is 15.9 Å². The molecule has 0 aliphatic rings. The van der Waals surface area contributed by atoms with Crippen LogP contribution < -0.4 is 0 Å². The normalized spacial score (nSPS) is 15.2. The second-order valence-corrected chi connectivity index (χ2v) is 10.2. The molecule has 1 atom stereocenters. The van der Waals surface area contributed by atoms with Crippen LogP contribution in [0.3, 0.4) is 0 Å². The summed E-state index contributed by atoms with van der Waals surface area (Å²) in [6.07, 6.45) is 0. The zero-order valence-electron chi connectivity index (χ0n) is 10.0. The number of benzene rings is 1. The van der Waals surface area contributed by atoms with Gasteiger partial charge in [-0.25, -0.2) is 0 Å². The zero-order valence-corrected chi connectivity index (χ0v) is 12.6. The molecule has 0 spiro atoms. The Kier molecular flexibility index (Phi) is 3.95. The van der Waals surface area contributed by atoms with E-state index in [9.17, 15) is 5.26 Å². The van der Waals surface area contributed by atoms with E-state index in [1.54, 1.807) is 0 Å². The van der Waals surface area contributed by atoms with Gasteiger partial charge in [0.05, 0.1) is 0 Å². The van der Waals surface area contributed by atoms with Gasteiger partial charge in [-0.15, -0.1) is 0 Å². The van der Waals surface area contributed by atoms with Gasteiger partial charge < -0.3 is 4.43 Å². The SMILES string of the molecule is C[C@](C#N)(O[Si](C)(C)C)c1ccc(Br)cc1. The van der Waals surface area contributed by atoms with Gasteiger partial charge in [0, 0.05) is 4.47 Å². The third-order valence-electron chi connectivity index (χ3n) is 2.12. The molecule has 0 saturated carbocycles. The fourth-order valence-electron chi connectivity index (χ4n) is 1.53. The van der Waals surface area contributed by atoms with Crippen LogP contribution in [-0.4, -0.2) is 8.32 Å². The Hall–Kier alpha value is -0.633. The molecule has 0 saturated heterocycles. The molecule has 0 N–H and O–H groups in total. The molecule has 1 aromatic carbocycles. The van der Waals surface area contributed by atoms with Crippen LogP contribution in [0.2, 0.25) is 19.6 Å². The Balaban J connectivity index is 3.06. The Morgan fingerprint density at radius 2 is 1.75 bits per heavy atom. The summed E-state index contributed by atoms with van der Waals surface area (Å²) in [4.78, 5) is 0. The third-order valence-corrected chi connectivity index (χ3v) is 3.67. The minimum Gasteiger partial charge on any atom is -0.397 e. The Bertz CT molecular complexity index is 405. The standard InChI is InChI=1S/C12H16BrNOSi/c1-12(9-14,15-16(2,3)4)10-5-7-11(13)8-6-10/h5-8H,1-4H3/t12-/m1/s1. The smallest absolute Gasteiger partial charge is 0.186 e. The van der Waals surface area contributed by atoms with Gasteiger partial charge in [0.1, 0.15) is 6.07 Å². The average molecular weight is 298 g/mol. The molecule has 0 amide bonds. The predicted octanol–water partition coefficient (Wildman–Crippen LogP) is 4.04. The van der Waals surface area contributed by atoms with Gasteiger partial charge in [0.2, 0.25) is 0 Å². The van der Waals surface area contributed by atoms with Gasteiger partial charge in [0.15, 0.2) is 13.9 Å². The zero-order chi connectivity index (χ0) is 12.4. The molecule has 0 aromatic heterocycles. The van der Waals surface area contributed by atoms with Gasteiger partial charge >= 0.3 is 0 Å². The lowest BCUT2D eigenvalue weighted by Crippen LogP contribution is -2.37. The molecule has 0 heterocycles. The molecule has 16 heavy (non-hydrogen) atoms. The summed E-state index contributed by atoms with van der Waals surface area (Å²) in [5.74, 6) is 0. The molecule has 0 fully saturated rings. The number of nitrogens with zero attached hydrogens (tertiary/aromatic N) is 1. The molecule has 0 aliphatic carbocycles. The summed E-state index contributed by atoms with van der Waals surface area (Å²) >= 11 is 3.38. The van der Waals surface area contributed by atoms with Gasteiger partial charge in [-0.05, 0) is 44.3 Å². The highest BCUT2D eigenvalue weighted by Crippen LogP contribution is 2.29. The summed E-state index contributed by atoms with van der Waals surface area (Å²) in [5, 5.41) is 9.31. The first-order valence-electron chi connectivity index (χ1n) is 5.14. The van der Waals surface area contributed by atoms with Crippen LogP contribution in [0.5, 0.6) is 0 Å². The molecule has 0 bridgehead atoms. The highest BCUT2D eigenvalue weighted by atomic mass is 79.9. The molecule has 86 valence electrons. The lowest BCUT2D eigenvalue weighted by atomic mass is 9.98. The van der Waals surface area contributed by atoms with Crippen molar-refractivity contribution in [2.75, 3.05) is 0 Å². The van der Waals surface area contributed by atoms with Gasteiger partial charge in [-0.1, -0.05) is 28.1 Å². The first-order valence-corrected chi connectivity index (χ1v) is 9.34. The van der Waals surface area contributed by atoms with E-state index in [2.05, 4.69) is 41.6 Å². The summed E-state index contributed by atoms with van der Waals surface area (Å²) in [5.41, 5.74) is 0.0613. The Morgan fingerprint density at radius 3 is 2.12 bits per heavy atom. The van der Waals surface area contributed by atoms with Crippen LogP contribution in [0.4, 0.5) is 0 Å². The predicted molar refractivity (Wildman–Crippen MR) is 71.5 cm³/mol. The van der Waals surface area contributed by atoms with Crippen molar-refractivity contribution in [1.82, 2.24) is 0 Å². The van der Waals surface area contributed by atoms with Gasteiger partial charge in [0.25, 0.3) is 0 Å². The summed E-state index contributed by atoms with van der Waals surface area (Å²) in [7, 11) is -1.74. The molecule has 0 unspecified atom stereocenters. The van der Waals surface area contributed by atoms with Crippen LogP contribution in [-0.2, 0) is 10.0 Å². The van der Waals surface area contributed by atoms with E-state index in [1.807, 2.05) is 31.2 Å². The fourth-order valence-corrected chi connectivity index (χ4v) is 3.18. The van der Waals surface area contributed by atoms with Crippen molar-refractivity contribution in [2.45, 2.75) is 32.2 Å². The molecular weight excluding hydrogens is 282 g/mol. The highest BCUT2D eigenvalue weighted by Gasteiger charge is 2.33. The largest absolute Gasteiger partial charge is 0.397 e. The van der Waals surface area contributed by atoms with Crippen molar-refractivity contribution in [3.8, 4) is 6.07 Å². The quantitative estimate of drug-likeness (QED) is 0.789. The summed E-state index contributed by atoms with van der Waals surface area (Å²) < 4.78 is 6.97. The van der Waals surface area contributed by atoms with Crippen molar-refractivity contribution >= 4 is 24.2 Å². The second kappa shape index (κ2) is 4.70. The maximum Gasteiger partial charge on any atom is 0.186 e. The van der Waals surface area contributed by atoms with Crippen LogP contribution in [0.15, 0.2) is 28.7 Å². The Labute approximate surface area is 106 Å². The summed E-state index contributed by atoms with van der Waals surface area (Å²) in [6, 6.07) is 9.97. The molecular formula is C12H16BrNOSi. The fraction of sp³-hybridized carbons (Fsp3) is 0.417. The maximum atomic E-state index is 9.31. The lowest BCUT2D eigenvalue weighted by molar-refractivity contribution is 0.141.